The number of carbonyl (C=O) groups is 2. The first-order chi connectivity index (χ1) is 11.2. The molecule has 0 aliphatic carbocycles. The number of carbonyl (C=O) groups excluding carboxylic acids is 2. The molecule has 0 aromatic carbocycles. The van der Waals surface area contributed by atoms with Gasteiger partial charge in [0, 0.05) is 51.1 Å². The Morgan fingerprint density at radius 2 is 1.70 bits per heavy atom. The van der Waals surface area contributed by atoms with Crippen LogP contribution in [0.5, 0.6) is 0 Å². The van der Waals surface area contributed by atoms with Gasteiger partial charge >= 0.3 is 0 Å². The maximum atomic E-state index is 12.2. The predicted octanol–water partition coefficient (Wildman–Crippen LogP) is 1.07. The van der Waals surface area contributed by atoms with E-state index in [-0.39, 0.29) is 36.7 Å². The van der Waals surface area contributed by atoms with Gasteiger partial charge in [0.2, 0.25) is 11.8 Å². The Hall–Kier alpha value is -1.14. The van der Waals surface area contributed by atoms with Crippen LogP contribution in [0.15, 0.2) is 0 Å². The molecule has 0 aromatic rings. The molecule has 2 heterocycles. The first kappa shape index (κ1) is 18.2. The third kappa shape index (κ3) is 5.77. The maximum absolute atomic E-state index is 12.2. The molecule has 23 heavy (non-hydrogen) atoms. The number of aliphatic hydroxyl groups excluding tert-OH is 1. The number of hydrogen-bond donors (Lipinski definition) is 2. The lowest BCUT2D eigenvalue weighted by Gasteiger charge is -2.35. The molecule has 2 fully saturated rings. The Morgan fingerprint density at radius 1 is 1.04 bits per heavy atom. The van der Waals surface area contributed by atoms with Gasteiger partial charge in [-0.05, 0) is 25.7 Å². The Labute approximate surface area is 138 Å². The van der Waals surface area contributed by atoms with E-state index in [4.69, 9.17) is 4.74 Å². The zero-order chi connectivity index (χ0) is 16.5. The zero-order valence-electron chi connectivity index (χ0n) is 14.0. The molecule has 0 spiro atoms. The quantitative estimate of drug-likeness (QED) is 0.765. The third-order valence-electron chi connectivity index (χ3n) is 5.07. The molecule has 0 unspecified atom stereocenters. The van der Waals surface area contributed by atoms with Crippen molar-refractivity contribution in [1.82, 2.24) is 10.2 Å². The van der Waals surface area contributed by atoms with Crippen LogP contribution in [0.25, 0.3) is 0 Å². The van der Waals surface area contributed by atoms with E-state index in [0.717, 1.165) is 38.8 Å². The lowest BCUT2D eigenvalue weighted by atomic mass is 9.81. The van der Waals surface area contributed by atoms with Crippen LogP contribution < -0.4 is 5.32 Å². The summed E-state index contributed by atoms with van der Waals surface area (Å²) in [6.45, 7) is 3.43. The summed E-state index contributed by atoms with van der Waals surface area (Å²) in [7, 11) is 0. The number of aliphatic hydroxyl groups is 1. The van der Waals surface area contributed by atoms with E-state index < -0.39 is 0 Å². The summed E-state index contributed by atoms with van der Waals surface area (Å²) in [5, 5.41) is 12.5. The topological polar surface area (TPSA) is 78.9 Å². The highest BCUT2D eigenvalue weighted by Crippen LogP contribution is 2.28. The molecular weight excluding hydrogens is 296 g/mol. The van der Waals surface area contributed by atoms with Crippen molar-refractivity contribution >= 4 is 11.8 Å². The second-order valence-corrected chi connectivity index (χ2v) is 6.84. The van der Waals surface area contributed by atoms with Gasteiger partial charge in [-0.15, -0.1) is 0 Å². The summed E-state index contributed by atoms with van der Waals surface area (Å²) >= 11 is 0. The minimum atomic E-state index is -0.261. The smallest absolute Gasteiger partial charge is 0.223 e. The summed E-state index contributed by atoms with van der Waals surface area (Å²) < 4.78 is 5.32. The van der Waals surface area contributed by atoms with Crippen molar-refractivity contribution in [3.05, 3.63) is 0 Å². The molecule has 132 valence electrons. The first-order valence-electron chi connectivity index (χ1n) is 8.88. The van der Waals surface area contributed by atoms with E-state index in [1.807, 2.05) is 4.90 Å². The van der Waals surface area contributed by atoms with E-state index >= 15 is 0 Å². The van der Waals surface area contributed by atoms with E-state index in [1.54, 1.807) is 0 Å². The molecule has 0 bridgehead atoms. The van der Waals surface area contributed by atoms with Crippen LogP contribution >= 0.6 is 0 Å². The fourth-order valence-electron chi connectivity index (χ4n) is 3.27. The van der Waals surface area contributed by atoms with E-state index in [0.29, 0.717) is 19.8 Å². The summed E-state index contributed by atoms with van der Waals surface area (Å²) in [6.07, 6.45) is 6.55. The fraction of sp³-hybridized carbons (Fsp3) is 0.882. The summed E-state index contributed by atoms with van der Waals surface area (Å²) in [5.41, 5.74) is -0.261. The number of hydrogen-bond acceptors (Lipinski definition) is 4. The van der Waals surface area contributed by atoms with Gasteiger partial charge in [-0.1, -0.05) is 12.8 Å². The van der Waals surface area contributed by atoms with E-state index in [2.05, 4.69) is 5.32 Å². The Balaban J connectivity index is 1.68. The van der Waals surface area contributed by atoms with Gasteiger partial charge in [0.25, 0.3) is 0 Å². The molecule has 2 N–H and O–H groups in total. The Morgan fingerprint density at radius 3 is 2.30 bits per heavy atom. The molecule has 6 nitrogen and oxygen atoms in total. The van der Waals surface area contributed by atoms with Gasteiger partial charge in [0.15, 0.2) is 0 Å². The van der Waals surface area contributed by atoms with Gasteiger partial charge < -0.3 is 20.1 Å². The molecule has 0 radical (unpaired) electrons. The van der Waals surface area contributed by atoms with Gasteiger partial charge in [-0.2, -0.15) is 0 Å². The van der Waals surface area contributed by atoms with Gasteiger partial charge in [0.1, 0.15) is 0 Å². The van der Waals surface area contributed by atoms with Crippen molar-refractivity contribution in [1.29, 1.82) is 0 Å². The van der Waals surface area contributed by atoms with Gasteiger partial charge in [-0.25, -0.2) is 0 Å². The number of nitrogens with one attached hydrogen (secondary N) is 1. The SMILES string of the molecule is O=C(CCC(=O)N1CCCCCC1)NCC1(CO)CCOCC1. The lowest BCUT2D eigenvalue weighted by molar-refractivity contribution is -0.133. The van der Waals surface area contributed by atoms with E-state index in [9.17, 15) is 14.7 Å². The molecule has 0 saturated carbocycles. The number of ether oxygens (including phenoxy) is 1. The first-order valence-corrected chi connectivity index (χ1v) is 8.88. The second-order valence-electron chi connectivity index (χ2n) is 6.84. The van der Waals surface area contributed by atoms with Gasteiger partial charge in [0.05, 0.1) is 6.61 Å². The molecule has 0 atom stereocenters. The highest BCUT2D eigenvalue weighted by Gasteiger charge is 2.32. The molecule has 6 heteroatoms. The van der Waals surface area contributed by atoms with Crippen LogP contribution in [-0.4, -0.2) is 61.3 Å². The standard InChI is InChI=1S/C17H30N2O4/c20-14-17(7-11-23-12-8-17)13-18-15(21)5-6-16(22)19-9-3-1-2-4-10-19/h20H,1-14H2,(H,18,21). The fourth-order valence-corrected chi connectivity index (χ4v) is 3.27. The largest absolute Gasteiger partial charge is 0.396 e. The number of nitrogens with zero attached hydrogens (tertiary/aromatic N) is 1. The van der Waals surface area contributed by atoms with Gasteiger partial charge in [-0.3, -0.25) is 9.59 Å². The maximum Gasteiger partial charge on any atom is 0.223 e. The molecule has 2 aliphatic rings. The van der Waals surface area contributed by atoms with Crippen LogP contribution in [0.1, 0.15) is 51.4 Å². The summed E-state index contributed by atoms with van der Waals surface area (Å²) in [4.78, 5) is 26.1. The number of amides is 2. The molecule has 2 amide bonds. The number of likely N-dealkylation sites (tertiary alicyclic amines) is 1. The predicted molar refractivity (Wildman–Crippen MR) is 86.9 cm³/mol. The molecule has 2 saturated heterocycles. The normalized spacial score (nSPS) is 21.5. The highest BCUT2D eigenvalue weighted by molar-refractivity contribution is 5.83. The average molecular weight is 326 g/mol. The Bertz CT molecular complexity index is 386. The van der Waals surface area contributed by atoms with Crippen LogP contribution in [0.3, 0.4) is 0 Å². The molecule has 2 aliphatic heterocycles. The lowest BCUT2D eigenvalue weighted by Crippen LogP contribution is -2.44. The summed E-state index contributed by atoms with van der Waals surface area (Å²) in [5.74, 6) is -0.0162. The second kappa shape index (κ2) is 9.23. The van der Waals surface area contributed by atoms with E-state index in [1.165, 1.54) is 12.8 Å². The third-order valence-corrected chi connectivity index (χ3v) is 5.07. The molecule has 0 aromatic heterocycles. The highest BCUT2D eigenvalue weighted by atomic mass is 16.5. The molecule has 2 rings (SSSR count). The monoisotopic (exact) mass is 326 g/mol. The zero-order valence-corrected chi connectivity index (χ0v) is 14.0. The minimum Gasteiger partial charge on any atom is -0.396 e. The van der Waals surface area contributed by atoms with Crippen LogP contribution in [0, 0.1) is 5.41 Å². The van der Waals surface area contributed by atoms with Crippen LogP contribution in [0.2, 0.25) is 0 Å². The van der Waals surface area contributed by atoms with Crippen molar-refractivity contribution < 1.29 is 19.4 Å². The minimum absolute atomic E-state index is 0.0589. The molecular formula is C17H30N2O4. The average Bonchev–Trinajstić information content (AvgIpc) is 2.88. The summed E-state index contributed by atoms with van der Waals surface area (Å²) in [6, 6.07) is 0. The van der Waals surface area contributed by atoms with Crippen molar-refractivity contribution in [3.63, 3.8) is 0 Å². The van der Waals surface area contributed by atoms with Crippen LogP contribution in [-0.2, 0) is 14.3 Å². The van der Waals surface area contributed by atoms with Crippen molar-refractivity contribution in [3.8, 4) is 0 Å². The number of rotatable bonds is 6. The van der Waals surface area contributed by atoms with Crippen molar-refractivity contribution in [2.75, 3.05) is 39.5 Å². The Kier molecular flexibility index (Phi) is 7.30. The van der Waals surface area contributed by atoms with Crippen LogP contribution in [0.4, 0.5) is 0 Å². The van der Waals surface area contributed by atoms with Crippen molar-refractivity contribution in [2.24, 2.45) is 5.41 Å². The van der Waals surface area contributed by atoms with Crippen molar-refractivity contribution in [2.45, 2.75) is 51.4 Å².